The molecule has 1 aromatic heterocycles. The lowest BCUT2D eigenvalue weighted by atomic mass is 9.94. The summed E-state index contributed by atoms with van der Waals surface area (Å²) in [6.45, 7) is 8.76. The maximum atomic E-state index is 14.2. The van der Waals surface area contributed by atoms with E-state index in [1.807, 2.05) is 13.8 Å². The van der Waals surface area contributed by atoms with Gasteiger partial charge in [0.25, 0.3) is 5.91 Å². The molecule has 0 bridgehead atoms. The summed E-state index contributed by atoms with van der Waals surface area (Å²) in [5.41, 5.74) is -1.12. The molecule has 0 spiro atoms. The van der Waals surface area contributed by atoms with Gasteiger partial charge in [0.2, 0.25) is 11.7 Å². The fraction of sp³-hybridized carbons (Fsp3) is 0.778. The average molecular weight is 386 g/mol. The molecule has 1 aliphatic rings. The molecule has 9 heteroatoms. The van der Waals surface area contributed by atoms with E-state index in [1.165, 1.54) is 13.8 Å². The third kappa shape index (κ3) is 4.51. The molecule has 152 valence electrons. The first-order chi connectivity index (χ1) is 12.7. The summed E-state index contributed by atoms with van der Waals surface area (Å²) in [7, 11) is 0. The Hall–Kier alpha value is -1.90. The third-order valence-corrected chi connectivity index (χ3v) is 5.08. The topological polar surface area (TPSA) is 88.3 Å². The summed E-state index contributed by atoms with van der Waals surface area (Å²) in [5.74, 6) is -7.46. The van der Waals surface area contributed by atoms with Gasteiger partial charge in [-0.25, -0.2) is 0 Å². The Kier molecular flexibility index (Phi) is 6.67. The van der Waals surface area contributed by atoms with Gasteiger partial charge in [0.1, 0.15) is 5.54 Å². The zero-order valence-electron chi connectivity index (χ0n) is 16.3. The Morgan fingerprint density at radius 1 is 1.26 bits per heavy atom. The summed E-state index contributed by atoms with van der Waals surface area (Å²) in [4.78, 5) is 30.4. The SMILES string of the molecule is CCN(CC)Cc1nc(C2(NC(=O)C(F)(F)C(=O)C(C)C)CCCC2)no1. The zero-order chi connectivity index (χ0) is 20.2. The first-order valence-corrected chi connectivity index (χ1v) is 9.46. The van der Waals surface area contributed by atoms with Crippen LogP contribution in [-0.4, -0.2) is 45.7 Å². The Morgan fingerprint density at radius 2 is 1.85 bits per heavy atom. The van der Waals surface area contributed by atoms with E-state index in [0.29, 0.717) is 25.3 Å². The van der Waals surface area contributed by atoms with E-state index < -0.39 is 29.1 Å². The lowest BCUT2D eigenvalue weighted by Crippen LogP contribution is -2.54. The van der Waals surface area contributed by atoms with Crippen LogP contribution >= 0.6 is 0 Å². The zero-order valence-corrected chi connectivity index (χ0v) is 16.3. The van der Waals surface area contributed by atoms with E-state index in [1.54, 1.807) is 0 Å². The molecule has 1 saturated carbocycles. The van der Waals surface area contributed by atoms with Crippen LogP contribution in [0.1, 0.15) is 65.1 Å². The molecule has 1 heterocycles. The number of rotatable bonds is 9. The number of amides is 1. The smallest absolute Gasteiger partial charge is 0.338 e. The predicted molar refractivity (Wildman–Crippen MR) is 94.0 cm³/mol. The van der Waals surface area contributed by atoms with Crippen LogP contribution in [0.5, 0.6) is 0 Å². The van der Waals surface area contributed by atoms with Crippen LogP contribution in [0.2, 0.25) is 0 Å². The van der Waals surface area contributed by atoms with Gasteiger partial charge in [-0.3, -0.25) is 14.5 Å². The molecule has 1 aliphatic carbocycles. The monoisotopic (exact) mass is 386 g/mol. The molecule has 1 fully saturated rings. The second kappa shape index (κ2) is 8.41. The largest absolute Gasteiger partial charge is 0.381 e. The van der Waals surface area contributed by atoms with Crippen molar-refractivity contribution in [2.24, 2.45) is 5.92 Å². The van der Waals surface area contributed by atoms with Crippen molar-refractivity contribution < 1.29 is 22.9 Å². The maximum Gasteiger partial charge on any atom is 0.381 e. The van der Waals surface area contributed by atoms with Gasteiger partial charge in [0.15, 0.2) is 5.82 Å². The molecule has 7 nitrogen and oxygen atoms in total. The second-order valence-corrected chi connectivity index (χ2v) is 7.31. The number of nitrogens with one attached hydrogen (secondary N) is 1. The first kappa shape index (κ1) is 21.4. The van der Waals surface area contributed by atoms with Crippen LogP contribution in [-0.2, 0) is 21.7 Å². The fourth-order valence-corrected chi connectivity index (χ4v) is 3.31. The Labute approximate surface area is 157 Å². The Bertz CT molecular complexity index is 665. The fourth-order valence-electron chi connectivity index (χ4n) is 3.31. The van der Waals surface area contributed by atoms with E-state index in [9.17, 15) is 18.4 Å². The Morgan fingerprint density at radius 3 is 2.37 bits per heavy atom. The number of carbonyl (C=O) groups excluding carboxylic acids is 2. The van der Waals surface area contributed by atoms with Crippen molar-refractivity contribution in [3.8, 4) is 0 Å². The highest BCUT2D eigenvalue weighted by molar-refractivity contribution is 6.08. The quantitative estimate of drug-likeness (QED) is 0.657. The minimum atomic E-state index is -4.09. The maximum absolute atomic E-state index is 14.2. The van der Waals surface area contributed by atoms with Crippen molar-refractivity contribution in [3.05, 3.63) is 11.7 Å². The van der Waals surface area contributed by atoms with Crippen molar-refractivity contribution in [2.45, 2.75) is 71.4 Å². The van der Waals surface area contributed by atoms with Gasteiger partial charge in [-0.15, -0.1) is 0 Å². The normalized spacial score (nSPS) is 16.9. The van der Waals surface area contributed by atoms with Crippen LogP contribution in [0.4, 0.5) is 8.78 Å². The molecule has 0 saturated heterocycles. The van der Waals surface area contributed by atoms with Crippen LogP contribution in [0.25, 0.3) is 0 Å². The molecule has 1 aromatic rings. The number of hydrogen-bond donors (Lipinski definition) is 1. The van der Waals surface area contributed by atoms with E-state index in [-0.39, 0.29) is 5.82 Å². The van der Waals surface area contributed by atoms with Gasteiger partial charge in [0.05, 0.1) is 6.54 Å². The molecule has 0 radical (unpaired) electrons. The van der Waals surface area contributed by atoms with Crippen molar-refractivity contribution in [3.63, 3.8) is 0 Å². The summed E-state index contributed by atoms with van der Waals surface area (Å²) in [6.07, 6.45) is 2.33. The lowest BCUT2D eigenvalue weighted by Gasteiger charge is -2.29. The molecule has 0 aromatic carbocycles. The number of nitrogens with zero attached hydrogens (tertiary/aromatic N) is 3. The first-order valence-electron chi connectivity index (χ1n) is 9.46. The molecule has 0 atom stereocenters. The van der Waals surface area contributed by atoms with Crippen LogP contribution in [0.3, 0.4) is 0 Å². The number of alkyl halides is 2. The molecule has 0 unspecified atom stereocenters. The molecule has 1 amide bonds. The summed E-state index contributed by atoms with van der Waals surface area (Å²) in [5, 5.41) is 6.32. The van der Waals surface area contributed by atoms with E-state index >= 15 is 0 Å². The minimum Gasteiger partial charge on any atom is -0.338 e. The standard InChI is InChI=1S/C18H28F2N4O3/c1-5-24(6-2)11-13-21-15(23-27-13)17(9-7-8-10-17)22-16(26)18(19,20)14(25)12(3)4/h12H,5-11H2,1-4H3,(H,22,26). The predicted octanol–water partition coefficient (Wildman–Crippen LogP) is 2.66. The number of aromatic nitrogens is 2. The minimum absolute atomic E-state index is 0.198. The number of carbonyl (C=O) groups is 2. The highest BCUT2D eigenvalue weighted by atomic mass is 19.3. The highest BCUT2D eigenvalue weighted by Gasteiger charge is 2.52. The molecular formula is C18H28F2N4O3. The highest BCUT2D eigenvalue weighted by Crippen LogP contribution is 2.38. The van der Waals surface area contributed by atoms with Gasteiger partial charge in [0, 0.05) is 5.92 Å². The van der Waals surface area contributed by atoms with E-state index in [4.69, 9.17) is 4.52 Å². The molecule has 1 N–H and O–H groups in total. The molecule has 2 rings (SSSR count). The Balaban J connectivity index is 2.22. The number of halogens is 2. The van der Waals surface area contributed by atoms with Gasteiger partial charge < -0.3 is 9.84 Å². The number of ketones is 1. The van der Waals surface area contributed by atoms with Crippen LogP contribution in [0.15, 0.2) is 4.52 Å². The summed E-state index contributed by atoms with van der Waals surface area (Å²) < 4.78 is 33.8. The number of hydrogen-bond acceptors (Lipinski definition) is 6. The van der Waals surface area contributed by atoms with Crippen molar-refractivity contribution in [1.82, 2.24) is 20.4 Å². The van der Waals surface area contributed by atoms with Gasteiger partial charge in [-0.05, 0) is 25.9 Å². The number of Topliss-reactive ketones (excluding diaryl/α,β-unsaturated/α-hetero) is 1. The van der Waals surface area contributed by atoms with E-state index in [0.717, 1.165) is 25.9 Å². The molecular weight excluding hydrogens is 358 g/mol. The van der Waals surface area contributed by atoms with Crippen LogP contribution in [0, 0.1) is 5.92 Å². The average Bonchev–Trinajstić information content (AvgIpc) is 3.28. The summed E-state index contributed by atoms with van der Waals surface area (Å²) >= 11 is 0. The van der Waals surface area contributed by atoms with Crippen molar-refractivity contribution >= 4 is 11.7 Å². The van der Waals surface area contributed by atoms with Crippen molar-refractivity contribution in [2.75, 3.05) is 13.1 Å². The second-order valence-electron chi connectivity index (χ2n) is 7.31. The van der Waals surface area contributed by atoms with E-state index in [2.05, 4.69) is 20.4 Å². The van der Waals surface area contributed by atoms with Gasteiger partial charge >= 0.3 is 5.92 Å². The third-order valence-electron chi connectivity index (χ3n) is 5.08. The van der Waals surface area contributed by atoms with Gasteiger partial charge in [-0.2, -0.15) is 13.8 Å². The molecule has 0 aliphatic heterocycles. The lowest BCUT2D eigenvalue weighted by molar-refractivity contribution is -0.161. The van der Waals surface area contributed by atoms with Crippen LogP contribution < -0.4 is 5.32 Å². The molecule has 27 heavy (non-hydrogen) atoms. The summed E-state index contributed by atoms with van der Waals surface area (Å²) in [6, 6.07) is 0. The van der Waals surface area contributed by atoms with Gasteiger partial charge in [-0.1, -0.05) is 45.7 Å². The van der Waals surface area contributed by atoms with Crippen molar-refractivity contribution in [1.29, 1.82) is 0 Å².